The number of thioether (sulfide) groups is 1. The second-order valence-electron chi connectivity index (χ2n) is 7.40. The minimum absolute atomic E-state index is 0.0938. The highest BCUT2D eigenvalue weighted by Crippen LogP contribution is 2.39. The fourth-order valence-corrected chi connectivity index (χ4v) is 5.21. The molecule has 0 saturated heterocycles. The van der Waals surface area contributed by atoms with Crippen molar-refractivity contribution in [3.8, 4) is 22.5 Å². The number of carbonyl (C=O) groups is 2. The molecule has 0 bridgehead atoms. The number of primary amides is 1. The minimum Gasteiger partial charge on any atom is -0.366 e. The molecule has 0 spiro atoms. The Hall–Kier alpha value is -3.69. The molecule has 0 fully saturated rings. The number of allylic oxidation sites excluding steroid dienone is 1. The van der Waals surface area contributed by atoms with E-state index >= 15 is 0 Å². The summed E-state index contributed by atoms with van der Waals surface area (Å²) in [7, 11) is 0. The van der Waals surface area contributed by atoms with Crippen molar-refractivity contribution in [2.75, 3.05) is 11.1 Å². The number of hydrogen-bond acceptors (Lipinski definition) is 6. The molecular weight excluding hydrogens is 466 g/mol. The second kappa shape index (κ2) is 10.5. The smallest absolute Gasteiger partial charge is 0.250 e. The SMILES string of the molecule is C=CCn1c(SCC(=O)Nc2ccccc2C(N)=O)nnc1-c1csc(C)c1-c1ccccc1. The van der Waals surface area contributed by atoms with Crippen molar-refractivity contribution >= 4 is 40.6 Å². The van der Waals surface area contributed by atoms with E-state index in [1.54, 1.807) is 41.7 Å². The number of thiophene rings is 1. The van der Waals surface area contributed by atoms with Crippen molar-refractivity contribution in [1.29, 1.82) is 0 Å². The van der Waals surface area contributed by atoms with Gasteiger partial charge in [-0.3, -0.25) is 14.2 Å². The second-order valence-corrected chi connectivity index (χ2v) is 9.43. The summed E-state index contributed by atoms with van der Waals surface area (Å²) in [5.74, 6) is -0.0506. The normalized spacial score (nSPS) is 10.7. The summed E-state index contributed by atoms with van der Waals surface area (Å²) in [6, 6.07) is 16.8. The van der Waals surface area contributed by atoms with Crippen molar-refractivity contribution in [3.63, 3.8) is 0 Å². The molecule has 0 atom stereocenters. The zero-order valence-corrected chi connectivity index (χ0v) is 20.2. The Morgan fingerprint density at radius 3 is 2.62 bits per heavy atom. The summed E-state index contributed by atoms with van der Waals surface area (Å²) in [6.07, 6.45) is 1.78. The van der Waals surface area contributed by atoms with Crippen LogP contribution in [0.25, 0.3) is 22.5 Å². The number of carbonyl (C=O) groups excluding carboxylic acids is 2. The molecule has 2 aromatic carbocycles. The first-order valence-corrected chi connectivity index (χ1v) is 12.4. The molecule has 0 aliphatic rings. The van der Waals surface area contributed by atoms with E-state index in [4.69, 9.17) is 5.73 Å². The van der Waals surface area contributed by atoms with Gasteiger partial charge in [-0.05, 0) is 24.6 Å². The van der Waals surface area contributed by atoms with Crippen LogP contribution in [0, 0.1) is 6.92 Å². The number of aryl methyl sites for hydroxylation is 1. The summed E-state index contributed by atoms with van der Waals surface area (Å²) in [5.41, 5.74) is 9.28. The van der Waals surface area contributed by atoms with Crippen LogP contribution in [0.4, 0.5) is 5.69 Å². The first-order chi connectivity index (χ1) is 16.5. The van der Waals surface area contributed by atoms with Crippen molar-refractivity contribution in [1.82, 2.24) is 14.8 Å². The Labute approximate surface area is 205 Å². The molecule has 0 aliphatic carbocycles. The van der Waals surface area contributed by atoms with E-state index in [-0.39, 0.29) is 17.2 Å². The van der Waals surface area contributed by atoms with Gasteiger partial charge in [-0.25, -0.2) is 0 Å². The van der Waals surface area contributed by atoms with Crippen LogP contribution < -0.4 is 11.1 Å². The van der Waals surface area contributed by atoms with E-state index in [0.717, 1.165) is 22.5 Å². The number of aromatic nitrogens is 3. The molecule has 2 heterocycles. The lowest BCUT2D eigenvalue weighted by molar-refractivity contribution is -0.113. The third-order valence-electron chi connectivity index (χ3n) is 5.11. The molecule has 0 aliphatic heterocycles. The molecule has 0 unspecified atom stereocenters. The van der Waals surface area contributed by atoms with Gasteiger partial charge in [0.1, 0.15) is 0 Å². The van der Waals surface area contributed by atoms with Crippen LogP contribution in [0.1, 0.15) is 15.2 Å². The first kappa shape index (κ1) is 23.5. The highest BCUT2D eigenvalue weighted by Gasteiger charge is 2.21. The van der Waals surface area contributed by atoms with Crippen molar-refractivity contribution < 1.29 is 9.59 Å². The molecule has 4 rings (SSSR count). The minimum atomic E-state index is -0.598. The van der Waals surface area contributed by atoms with Gasteiger partial charge >= 0.3 is 0 Å². The van der Waals surface area contributed by atoms with Gasteiger partial charge in [0, 0.05) is 27.9 Å². The fourth-order valence-electron chi connectivity index (χ4n) is 3.59. The van der Waals surface area contributed by atoms with Crippen molar-refractivity contribution in [2.24, 2.45) is 5.73 Å². The van der Waals surface area contributed by atoms with Crippen LogP contribution >= 0.6 is 23.1 Å². The van der Waals surface area contributed by atoms with E-state index in [1.165, 1.54) is 16.6 Å². The molecule has 2 amide bonds. The monoisotopic (exact) mass is 489 g/mol. The number of benzene rings is 2. The summed E-state index contributed by atoms with van der Waals surface area (Å²) in [5, 5.41) is 14.3. The quantitative estimate of drug-likeness (QED) is 0.254. The molecule has 7 nitrogen and oxygen atoms in total. The lowest BCUT2D eigenvalue weighted by Gasteiger charge is -2.10. The van der Waals surface area contributed by atoms with Crippen LogP contribution in [0.2, 0.25) is 0 Å². The van der Waals surface area contributed by atoms with Crippen LogP contribution in [0.15, 0.2) is 77.8 Å². The third kappa shape index (κ3) is 4.95. The molecule has 2 aromatic heterocycles. The van der Waals surface area contributed by atoms with Crippen LogP contribution in [0.5, 0.6) is 0 Å². The highest BCUT2D eigenvalue weighted by molar-refractivity contribution is 7.99. The molecule has 3 N–H and O–H groups in total. The molecule has 0 saturated carbocycles. The van der Waals surface area contributed by atoms with Crippen LogP contribution in [-0.2, 0) is 11.3 Å². The van der Waals surface area contributed by atoms with Crippen molar-refractivity contribution in [2.45, 2.75) is 18.6 Å². The predicted molar refractivity (Wildman–Crippen MR) is 138 cm³/mol. The van der Waals surface area contributed by atoms with Gasteiger partial charge < -0.3 is 11.1 Å². The summed E-state index contributed by atoms with van der Waals surface area (Å²) in [4.78, 5) is 25.4. The number of amides is 2. The van der Waals surface area contributed by atoms with Gasteiger partial charge in [0.15, 0.2) is 11.0 Å². The Kier molecular flexibility index (Phi) is 7.24. The van der Waals surface area contributed by atoms with Gasteiger partial charge in [-0.1, -0.05) is 60.3 Å². The number of nitrogens with zero attached hydrogens (tertiary/aromatic N) is 3. The largest absolute Gasteiger partial charge is 0.366 e. The van der Waals surface area contributed by atoms with E-state index in [1.807, 2.05) is 22.8 Å². The number of anilines is 1. The summed E-state index contributed by atoms with van der Waals surface area (Å²) >= 11 is 2.93. The topological polar surface area (TPSA) is 103 Å². The van der Waals surface area contributed by atoms with E-state index in [0.29, 0.717) is 17.4 Å². The van der Waals surface area contributed by atoms with Gasteiger partial charge in [0.05, 0.1) is 17.0 Å². The van der Waals surface area contributed by atoms with Gasteiger partial charge in [0.25, 0.3) is 5.91 Å². The number of nitrogens with two attached hydrogens (primary N) is 1. The molecule has 4 aromatic rings. The first-order valence-electron chi connectivity index (χ1n) is 10.5. The molecule has 34 heavy (non-hydrogen) atoms. The van der Waals surface area contributed by atoms with Crippen LogP contribution in [-0.4, -0.2) is 32.3 Å². The molecule has 0 radical (unpaired) electrons. The fraction of sp³-hybridized carbons (Fsp3) is 0.120. The number of nitrogens with one attached hydrogen (secondary N) is 1. The Balaban J connectivity index is 1.57. The average Bonchev–Trinajstić information content (AvgIpc) is 3.41. The summed E-state index contributed by atoms with van der Waals surface area (Å²) < 4.78 is 1.95. The summed E-state index contributed by atoms with van der Waals surface area (Å²) in [6.45, 7) is 6.46. The third-order valence-corrected chi connectivity index (χ3v) is 6.98. The van der Waals surface area contributed by atoms with Gasteiger partial charge in [0.2, 0.25) is 5.91 Å². The lowest BCUT2D eigenvalue weighted by atomic mass is 10.0. The Morgan fingerprint density at radius 1 is 1.15 bits per heavy atom. The Bertz CT molecular complexity index is 1340. The average molecular weight is 490 g/mol. The molecular formula is C25H23N5O2S2. The number of para-hydroxylation sites is 1. The van der Waals surface area contributed by atoms with E-state index in [9.17, 15) is 9.59 Å². The number of rotatable bonds is 9. The maximum Gasteiger partial charge on any atom is 0.250 e. The van der Waals surface area contributed by atoms with Crippen molar-refractivity contribution in [3.05, 3.63) is 83.1 Å². The number of hydrogen-bond donors (Lipinski definition) is 2. The van der Waals surface area contributed by atoms with E-state index in [2.05, 4.69) is 46.5 Å². The standard InChI is InChI=1S/C25H23N5O2S2/c1-3-13-30-24(19-14-33-16(2)22(19)17-9-5-4-6-10-17)28-29-25(30)34-15-21(31)27-20-12-8-7-11-18(20)23(26)32/h3-12,14H,1,13,15H2,2H3,(H2,26,32)(H,27,31). The van der Waals surface area contributed by atoms with E-state index < -0.39 is 5.91 Å². The van der Waals surface area contributed by atoms with Gasteiger partial charge in [-0.15, -0.1) is 28.1 Å². The molecule has 9 heteroatoms. The lowest BCUT2D eigenvalue weighted by Crippen LogP contribution is -2.19. The van der Waals surface area contributed by atoms with Crippen LogP contribution in [0.3, 0.4) is 0 Å². The highest BCUT2D eigenvalue weighted by atomic mass is 32.2. The zero-order chi connectivity index (χ0) is 24.1. The zero-order valence-electron chi connectivity index (χ0n) is 18.5. The molecule has 172 valence electrons. The maximum absolute atomic E-state index is 12.6. The Morgan fingerprint density at radius 2 is 1.88 bits per heavy atom. The van der Waals surface area contributed by atoms with Gasteiger partial charge in [-0.2, -0.15) is 0 Å². The maximum atomic E-state index is 12.6. The predicted octanol–water partition coefficient (Wildman–Crippen LogP) is 5.00.